The quantitative estimate of drug-likeness (QED) is 0.734. The molecule has 0 aromatic heterocycles. The van der Waals surface area contributed by atoms with Crippen molar-refractivity contribution in [1.29, 1.82) is 0 Å². The van der Waals surface area contributed by atoms with E-state index in [0.29, 0.717) is 13.0 Å². The first-order valence-corrected chi connectivity index (χ1v) is 7.53. The molecular weight excluding hydrogens is 330 g/mol. The average Bonchev–Trinajstić information content (AvgIpc) is 2.53. The van der Waals surface area contributed by atoms with Gasteiger partial charge in [-0.1, -0.05) is 28.1 Å². The number of methoxy groups -OCH3 is 1. The van der Waals surface area contributed by atoms with Crippen LogP contribution in [0.5, 0.6) is 5.75 Å². The Balaban J connectivity index is 1.92. The van der Waals surface area contributed by atoms with E-state index in [1.165, 1.54) is 0 Å². The molecule has 0 spiro atoms. The summed E-state index contributed by atoms with van der Waals surface area (Å²) in [5.74, 6) is 0.987. The first-order valence-electron chi connectivity index (χ1n) is 6.74. The molecule has 2 aromatic rings. The Labute approximate surface area is 133 Å². The van der Waals surface area contributed by atoms with Crippen molar-refractivity contribution < 1.29 is 9.53 Å². The smallest absolute Gasteiger partial charge is 0.164 e. The van der Waals surface area contributed by atoms with Crippen LogP contribution >= 0.6 is 15.9 Å². The van der Waals surface area contributed by atoms with Crippen LogP contribution < -0.4 is 9.64 Å². The summed E-state index contributed by atoms with van der Waals surface area (Å²) in [6, 6.07) is 15.3. The van der Waals surface area contributed by atoms with Crippen molar-refractivity contribution in [3.05, 3.63) is 58.6 Å². The van der Waals surface area contributed by atoms with Crippen LogP contribution in [0.4, 0.5) is 5.69 Å². The van der Waals surface area contributed by atoms with E-state index in [2.05, 4.69) is 20.8 Å². The van der Waals surface area contributed by atoms with Crippen molar-refractivity contribution in [2.24, 2.45) is 0 Å². The van der Waals surface area contributed by atoms with Gasteiger partial charge in [-0.15, -0.1) is 0 Å². The van der Waals surface area contributed by atoms with E-state index in [9.17, 15) is 4.79 Å². The lowest BCUT2D eigenvalue weighted by Crippen LogP contribution is -2.21. The molecule has 0 saturated heterocycles. The third-order valence-corrected chi connectivity index (χ3v) is 3.88. The van der Waals surface area contributed by atoms with Crippen LogP contribution in [0.3, 0.4) is 0 Å². The lowest BCUT2D eigenvalue weighted by atomic mass is 10.1. The van der Waals surface area contributed by atoms with Crippen molar-refractivity contribution in [3.63, 3.8) is 0 Å². The molecule has 0 aliphatic rings. The molecule has 0 atom stereocenters. The fraction of sp³-hybridized carbons (Fsp3) is 0.235. The number of nitrogens with zero attached hydrogens (tertiary/aromatic N) is 1. The third-order valence-electron chi connectivity index (χ3n) is 3.35. The van der Waals surface area contributed by atoms with Gasteiger partial charge in [-0.2, -0.15) is 0 Å². The number of rotatable bonds is 6. The van der Waals surface area contributed by atoms with Gasteiger partial charge in [0, 0.05) is 35.7 Å². The van der Waals surface area contributed by atoms with Gasteiger partial charge < -0.3 is 9.64 Å². The first kappa shape index (κ1) is 15.6. The number of ketones is 1. The number of carbonyl (C=O) groups excluding carboxylic acids is 1. The minimum atomic E-state index is 0.155. The standard InChI is InChI=1S/C17H18BrNO2/c1-19(15-7-9-16(21-2)10-8-15)12-11-17(20)13-3-5-14(18)6-4-13/h3-10H,11-12H2,1-2H3. The molecule has 3 nitrogen and oxygen atoms in total. The van der Waals surface area contributed by atoms with Crippen LogP contribution in [-0.2, 0) is 0 Å². The predicted molar refractivity (Wildman–Crippen MR) is 89.4 cm³/mol. The van der Waals surface area contributed by atoms with E-state index >= 15 is 0 Å². The van der Waals surface area contributed by atoms with Crippen LogP contribution in [0.2, 0.25) is 0 Å². The molecule has 0 saturated carbocycles. The first-order chi connectivity index (χ1) is 10.1. The van der Waals surface area contributed by atoms with Gasteiger partial charge in [0.2, 0.25) is 0 Å². The van der Waals surface area contributed by atoms with Crippen LogP contribution in [0.15, 0.2) is 53.0 Å². The normalized spacial score (nSPS) is 10.2. The Morgan fingerprint density at radius 1 is 1.10 bits per heavy atom. The van der Waals surface area contributed by atoms with Gasteiger partial charge in [0.25, 0.3) is 0 Å². The van der Waals surface area contributed by atoms with Crippen LogP contribution in [0.25, 0.3) is 0 Å². The molecule has 0 N–H and O–H groups in total. The van der Waals surface area contributed by atoms with Crippen LogP contribution in [-0.4, -0.2) is 26.5 Å². The highest BCUT2D eigenvalue weighted by Crippen LogP contribution is 2.18. The van der Waals surface area contributed by atoms with Gasteiger partial charge in [0.1, 0.15) is 5.75 Å². The predicted octanol–water partition coefficient (Wildman–Crippen LogP) is 4.17. The number of ether oxygens (including phenoxy) is 1. The molecule has 0 aliphatic heterocycles. The number of Topliss-reactive ketones (excluding diaryl/α,β-unsaturated/α-hetero) is 1. The number of hydrogen-bond donors (Lipinski definition) is 0. The summed E-state index contributed by atoms with van der Waals surface area (Å²) >= 11 is 3.37. The number of halogens is 1. The highest BCUT2D eigenvalue weighted by Gasteiger charge is 2.08. The zero-order valence-electron chi connectivity index (χ0n) is 12.2. The SMILES string of the molecule is COc1ccc(N(C)CCC(=O)c2ccc(Br)cc2)cc1. The van der Waals surface area contributed by atoms with Gasteiger partial charge in [-0.25, -0.2) is 0 Å². The maximum atomic E-state index is 12.1. The Hall–Kier alpha value is -1.81. The zero-order chi connectivity index (χ0) is 15.2. The van der Waals surface area contributed by atoms with Gasteiger partial charge in [0.05, 0.1) is 7.11 Å². The summed E-state index contributed by atoms with van der Waals surface area (Å²) < 4.78 is 6.12. The van der Waals surface area contributed by atoms with Crippen LogP contribution in [0.1, 0.15) is 16.8 Å². The second-order valence-electron chi connectivity index (χ2n) is 4.80. The summed E-state index contributed by atoms with van der Waals surface area (Å²) in [6.45, 7) is 0.682. The fourth-order valence-corrected chi connectivity index (χ4v) is 2.28. The molecule has 0 unspecified atom stereocenters. The Bertz CT molecular complexity index is 593. The summed E-state index contributed by atoms with van der Waals surface area (Å²) in [5, 5.41) is 0. The summed E-state index contributed by atoms with van der Waals surface area (Å²) in [5.41, 5.74) is 1.82. The lowest BCUT2D eigenvalue weighted by molar-refractivity contribution is 0.0985. The molecule has 0 bridgehead atoms. The minimum Gasteiger partial charge on any atom is -0.497 e. The van der Waals surface area contributed by atoms with E-state index in [4.69, 9.17) is 4.74 Å². The second kappa shape index (κ2) is 7.27. The largest absolute Gasteiger partial charge is 0.497 e. The minimum absolute atomic E-state index is 0.155. The molecule has 110 valence electrons. The van der Waals surface area contributed by atoms with E-state index < -0.39 is 0 Å². The van der Waals surface area contributed by atoms with E-state index in [-0.39, 0.29) is 5.78 Å². The number of hydrogen-bond acceptors (Lipinski definition) is 3. The summed E-state index contributed by atoms with van der Waals surface area (Å²) in [7, 11) is 3.63. The summed E-state index contributed by atoms with van der Waals surface area (Å²) in [4.78, 5) is 14.2. The molecule has 21 heavy (non-hydrogen) atoms. The Kier molecular flexibility index (Phi) is 5.39. The monoisotopic (exact) mass is 347 g/mol. The van der Waals surface area contributed by atoms with Crippen molar-refractivity contribution >= 4 is 27.4 Å². The molecule has 0 heterocycles. The number of anilines is 1. The maximum Gasteiger partial charge on any atom is 0.164 e. The number of benzene rings is 2. The Morgan fingerprint density at radius 2 is 1.71 bits per heavy atom. The van der Waals surface area contributed by atoms with Gasteiger partial charge >= 0.3 is 0 Å². The fourth-order valence-electron chi connectivity index (χ4n) is 2.02. The van der Waals surface area contributed by atoms with Crippen molar-refractivity contribution in [1.82, 2.24) is 0 Å². The van der Waals surface area contributed by atoms with E-state index in [0.717, 1.165) is 21.5 Å². The maximum absolute atomic E-state index is 12.1. The molecular formula is C17H18BrNO2. The Morgan fingerprint density at radius 3 is 2.29 bits per heavy atom. The molecule has 2 aromatic carbocycles. The van der Waals surface area contributed by atoms with Crippen molar-refractivity contribution in [2.45, 2.75) is 6.42 Å². The summed E-state index contributed by atoms with van der Waals surface area (Å²) in [6.07, 6.45) is 0.490. The van der Waals surface area contributed by atoms with Crippen molar-refractivity contribution in [2.75, 3.05) is 25.6 Å². The lowest BCUT2D eigenvalue weighted by Gasteiger charge is -2.19. The van der Waals surface area contributed by atoms with Crippen molar-refractivity contribution in [3.8, 4) is 5.75 Å². The molecule has 0 amide bonds. The third kappa shape index (κ3) is 4.33. The second-order valence-corrected chi connectivity index (χ2v) is 5.72. The van der Waals surface area contributed by atoms with E-state index in [1.807, 2.05) is 55.6 Å². The molecule has 0 radical (unpaired) electrons. The average molecular weight is 348 g/mol. The van der Waals surface area contributed by atoms with Crippen LogP contribution in [0, 0.1) is 0 Å². The molecule has 2 rings (SSSR count). The molecule has 4 heteroatoms. The highest BCUT2D eigenvalue weighted by atomic mass is 79.9. The number of carbonyl (C=O) groups is 1. The molecule has 0 aliphatic carbocycles. The van der Waals surface area contributed by atoms with Gasteiger partial charge in [-0.3, -0.25) is 4.79 Å². The van der Waals surface area contributed by atoms with Gasteiger partial charge in [-0.05, 0) is 36.4 Å². The van der Waals surface area contributed by atoms with E-state index in [1.54, 1.807) is 7.11 Å². The zero-order valence-corrected chi connectivity index (χ0v) is 13.8. The van der Waals surface area contributed by atoms with Gasteiger partial charge in [0.15, 0.2) is 5.78 Å². The molecule has 0 fully saturated rings. The topological polar surface area (TPSA) is 29.5 Å². The highest BCUT2D eigenvalue weighted by molar-refractivity contribution is 9.10.